The van der Waals surface area contributed by atoms with Crippen molar-refractivity contribution >= 4 is 17.5 Å². The number of nitrogens with zero attached hydrogens (tertiary/aromatic N) is 2. The van der Waals surface area contributed by atoms with Gasteiger partial charge in [0.1, 0.15) is 5.82 Å². The lowest BCUT2D eigenvalue weighted by atomic mass is 9.96. The lowest BCUT2D eigenvalue weighted by Crippen LogP contribution is -2.60. The Morgan fingerprint density at radius 3 is 2.46 bits per heavy atom. The third-order valence-corrected chi connectivity index (χ3v) is 5.54. The molecule has 6 nitrogen and oxygen atoms in total. The molecule has 0 aromatic heterocycles. The molecule has 1 aromatic rings. The van der Waals surface area contributed by atoms with Crippen LogP contribution >= 0.6 is 0 Å². The van der Waals surface area contributed by atoms with Crippen LogP contribution in [0.15, 0.2) is 24.3 Å². The first-order valence-electron chi connectivity index (χ1n) is 9.28. The molecule has 26 heavy (non-hydrogen) atoms. The van der Waals surface area contributed by atoms with E-state index in [9.17, 15) is 14.0 Å². The van der Waals surface area contributed by atoms with Crippen LogP contribution in [0.2, 0.25) is 0 Å². The van der Waals surface area contributed by atoms with Gasteiger partial charge in [-0.05, 0) is 38.0 Å². The Labute approximate surface area is 153 Å². The number of anilines is 1. The molecule has 0 bridgehead atoms. The van der Waals surface area contributed by atoms with E-state index in [2.05, 4.69) is 5.32 Å². The smallest absolute Gasteiger partial charge is 0.242 e. The van der Waals surface area contributed by atoms with Gasteiger partial charge in [0.05, 0.1) is 11.6 Å². The molecule has 2 fully saturated rings. The highest BCUT2D eigenvalue weighted by Crippen LogP contribution is 2.29. The minimum absolute atomic E-state index is 0.0477. The summed E-state index contributed by atoms with van der Waals surface area (Å²) < 4.78 is 13.2. The van der Waals surface area contributed by atoms with Gasteiger partial charge in [0.25, 0.3) is 0 Å². The van der Waals surface area contributed by atoms with Crippen molar-refractivity contribution in [2.75, 3.05) is 31.5 Å². The molecule has 2 amide bonds. The SMILES string of the molecule is CC(C(=O)Nc1cccc(F)c1)N1CCN(C(=O)C2(N)CCCC2)CC1. The van der Waals surface area contributed by atoms with Gasteiger partial charge >= 0.3 is 0 Å². The summed E-state index contributed by atoms with van der Waals surface area (Å²) in [6, 6.07) is 5.50. The maximum Gasteiger partial charge on any atom is 0.242 e. The fraction of sp³-hybridized carbons (Fsp3) is 0.579. The minimum atomic E-state index is -0.692. The molecular formula is C19H27FN4O2. The topological polar surface area (TPSA) is 78.7 Å². The molecule has 1 aliphatic carbocycles. The van der Waals surface area contributed by atoms with Crippen LogP contribution in [0.5, 0.6) is 0 Å². The Balaban J connectivity index is 1.52. The van der Waals surface area contributed by atoms with E-state index in [-0.39, 0.29) is 23.7 Å². The molecule has 1 aromatic carbocycles. The largest absolute Gasteiger partial charge is 0.339 e. The highest BCUT2D eigenvalue weighted by Gasteiger charge is 2.41. The summed E-state index contributed by atoms with van der Waals surface area (Å²) in [5, 5.41) is 2.74. The van der Waals surface area contributed by atoms with Crippen LogP contribution in [0.4, 0.5) is 10.1 Å². The average molecular weight is 362 g/mol. The van der Waals surface area contributed by atoms with Crippen LogP contribution < -0.4 is 11.1 Å². The number of piperazine rings is 1. The van der Waals surface area contributed by atoms with E-state index in [0.717, 1.165) is 25.7 Å². The molecule has 1 aliphatic heterocycles. The van der Waals surface area contributed by atoms with Crippen LogP contribution in [0, 0.1) is 5.82 Å². The second kappa shape index (κ2) is 7.72. The van der Waals surface area contributed by atoms with Crippen LogP contribution in [0.3, 0.4) is 0 Å². The predicted octanol–water partition coefficient (Wildman–Crippen LogP) is 1.57. The summed E-state index contributed by atoms with van der Waals surface area (Å²) in [5.41, 5.74) is 6.03. The van der Waals surface area contributed by atoms with Gasteiger partial charge in [-0.15, -0.1) is 0 Å². The van der Waals surface area contributed by atoms with Crippen LogP contribution in [-0.2, 0) is 9.59 Å². The molecule has 0 spiro atoms. The summed E-state index contributed by atoms with van der Waals surface area (Å²) in [7, 11) is 0. The zero-order chi connectivity index (χ0) is 18.7. The van der Waals surface area contributed by atoms with Crippen molar-refractivity contribution in [2.24, 2.45) is 5.73 Å². The third kappa shape index (κ3) is 4.04. The predicted molar refractivity (Wildman–Crippen MR) is 98.0 cm³/mol. The summed E-state index contributed by atoms with van der Waals surface area (Å²) >= 11 is 0. The lowest BCUT2D eigenvalue weighted by molar-refractivity contribution is -0.139. The van der Waals surface area contributed by atoms with Crippen molar-refractivity contribution in [2.45, 2.75) is 44.2 Å². The average Bonchev–Trinajstić information content (AvgIpc) is 3.08. The maximum absolute atomic E-state index is 13.2. The summed E-state index contributed by atoms with van der Waals surface area (Å²) in [6.07, 6.45) is 3.55. The van der Waals surface area contributed by atoms with Gasteiger partial charge in [-0.3, -0.25) is 14.5 Å². The van der Waals surface area contributed by atoms with Gasteiger partial charge in [0.2, 0.25) is 11.8 Å². The molecular weight excluding hydrogens is 335 g/mol. The quantitative estimate of drug-likeness (QED) is 0.852. The van der Waals surface area contributed by atoms with E-state index < -0.39 is 5.54 Å². The Bertz CT molecular complexity index is 667. The highest BCUT2D eigenvalue weighted by molar-refractivity contribution is 5.94. The number of amides is 2. The van der Waals surface area contributed by atoms with Gasteiger partial charge in [0.15, 0.2) is 0 Å². The molecule has 2 aliphatic rings. The van der Waals surface area contributed by atoms with Crippen LogP contribution in [0.1, 0.15) is 32.6 Å². The fourth-order valence-electron chi connectivity index (χ4n) is 3.83. The number of nitrogens with two attached hydrogens (primary N) is 1. The van der Waals surface area contributed by atoms with Gasteiger partial charge in [-0.2, -0.15) is 0 Å². The van der Waals surface area contributed by atoms with E-state index in [1.807, 2.05) is 16.7 Å². The van der Waals surface area contributed by atoms with Crippen molar-refractivity contribution in [3.05, 3.63) is 30.1 Å². The Morgan fingerprint density at radius 2 is 1.85 bits per heavy atom. The molecule has 3 rings (SSSR count). The Morgan fingerprint density at radius 1 is 1.19 bits per heavy atom. The van der Waals surface area contributed by atoms with Gasteiger partial charge in [-0.1, -0.05) is 18.9 Å². The number of carbonyl (C=O) groups is 2. The zero-order valence-corrected chi connectivity index (χ0v) is 15.2. The molecule has 7 heteroatoms. The standard InChI is InChI=1S/C19H27FN4O2/c1-14(17(25)22-16-6-4-5-15(20)13-16)23-9-11-24(12-10-23)18(26)19(21)7-2-3-8-19/h4-6,13-14H,2-3,7-12,21H2,1H3,(H,22,25). The second-order valence-electron chi connectivity index (χ2n) is 7.37. The van der Waals surface area contributed by atoms with Gasteiger partial charge in [-0.25, -0.2) is 4.39 Å². The molecule has 1 atom stereocenters. The first-order valence-corrected chi connectivity index (χ1v) is 9.28. The van der Waals surface area contributed by atoms with E-state index in [1.54, 1.807) is 12.1 Å². The molecule has 0 radical (unpaired) electrons. The van der Waals surface area contributed by atoms with Crippen LogP contribution in [0.25, 0.3) is 0 Å². The Kier molecular flexibility index (Phi) is 5.58. The van der Waals surface area contributed by atoms with E-state index in [0.29, 0.717) is 31.9 Å². The maximum atomic E-state index is 13.2. The summed E-state index contributed by atoms with van der Waals surface area (Å²) in [4.78, 5) is 29.0. The van der Waals surface area contributed by atoms with E-state index >= 15 is 0 Å². The first-order chi connectivity index (χ1) is 12.4. The number of benzene rings is 1. The zero-order valence-electron chi connectivity index (χ0n) is 15.2. The van der Waals surface area contributed by atoms with Crippen LogP contribution in [-0.4, -0.2) is 59.4 Å². The number of hydrogen-bond acceptors (Lipinski definition) is 4. The Hall–Kier alpha value is -1.99. The monoisotopic (exact) mass is 362 g/mol. The van der Waals surface area contributed by atoms with Gasteiger partial charge in [0, 0.05) is 31.9 Å². The molecule has 142 valence electrons. The number of rotatable bonds is 4. The van der Waals surface area contributed by atoms with Crippen molar-refractivity contribution in [1.29, 1.82) is 0 Å². The molecule has 1 unspecified atom stereocenters. The van der Waals surface area contributed by atoms with Crippen molar-refractivity contribution in [3.8, 4) is 0 Å². The summed E-state index contributed by atoms with van der Waals surface area (Å²) in [6.45, 7) is 4.23. The van der Waals surface area contributed by atoms with Gasteiger partial charge < -0.3 is 16.0 Å². The van der Waals surface area contributed by atoms with E-state index in [1.165, 1.54) is 12.1 Å². The first kappa shape index (κ1) is 18.8. The molecule has 3 N–H and O–H groups in total. The summed E-state index contributed by atoms with van der Waals surface area (Å²) in [5.74, 6) is -0.516. The number of hydrogen-bond donors (Lipinski definition) is 2. The lowest BCUT2D eigenvalue weighted by Gasteiger charge is -2.40. The normalized spacial score (nSPS) is 21.4. The third-order valence-electron chi connectivity index (χ3n) is 5.54. The fourth-order valence-corrected chi connectivity index (χ4v) is 3.83. The molecule has 1 saturated carbocycles. The van der Waals surface area contributed by atoms with Crippen molar-refractivity contribution < 1.29 is 14.0 Å². The molecule has 1 saturated heterocycles. The number of carbonyl (C=O) groups excluding carboxylic acids is 2. The van der Waals surface area contributed by atoms with E-state index in [4.69, 9.17) is 5.73 Å². The number of nitrogens with one attached hydrogen (secondary N) is 1. The van der Waals surface area contributed by atoms with Crippen molar-refractivity contribution in [3.63, 3.8) is 0 Å². The molecule has 1 heterocycles. The van der Waals surface area contributed by atoms with Crippen molar-refractivity contribution in [1.82, 2.24) is 9.80 Å². The second-order valence-corrected chi connectivity index (χ2v) is 7.37. The number of halogens is 1. The highest BCUT2D eigenvalue weighted by atomic mass is 19.1. The minimum Gasteiger partial charge on any atom is -0.339 e.